The van der Waals surface area contributed by atoms with Crippen LogP contribution in [-0.4, -0.2) is 34.1 Å². The first-order valence-corrected chi connectivity index (χ1v) is 10.1. The van der Waals surface area contributed by atoms with Gasteiger partial charge in [-0.25, -0.2) is 4.79 Å². The highest BCUT2D eigenvalue weighted by atomic mass is 31.2. The highest BCUT2D eigenvalue weighted by Crippen LogP contribution is 2.34. The minimum absolute atomic E-state index is 0.195. The molecule has 0 aromatic carbocycles. The first-order chi connectivity index (χ1) is 12.0. The Labute approximate surface area is 155 Å². The van der Waals surface area contributed by atoms with Crippen molar-refractivity contribution in [1.29, 1.82) is 0 Å². The van der Waals surface area contributed by atoms with E-state index < -0.39 is 13.6 Å². The number of amides is 2. The molecule has 1 aliphatic carbocycles. The smallest absolute Gasteiger partial charge is 0.325 e. The van der Waals surface area contributed by atoms with E-state index in [0.29, 0.717) is 0 Å². The van der Waals surface area contributed by atoms with Crippen LogP contribution in [0.1, 0.15) is 26.7 Å². The molecular formula is C18H30N3O4P. The number of nitrogens with two attached hydrogens (primary N) is 2. The summed E-state index contributed by atoms with van der Waals surface area (Å²) in [6, 6.07) is -0.685. The quantitative estimate of drug-likeness (QED) is 0.339. The number of nitrogens with one attached hydrogen (secondary N) is 1. The van der Waals surface area contributed by atoms with Crippen LogP contribution in [0.25, 0.3) is 0 Å². The highest BCUT2D eigenvalue weighted by Gasteiger charge is 2.12. The fourth-order valence-corrected chi connectivity index (χ4v) is 2.44. The Morgan fingerprint density at radius 2 is 1.92 bits per heavy atom. The molecule has 1 rings (SSSR count). The zero-order chi connectivity index (χ0) is 20.2. The van der Waals surface area contributed by atoms with Crippen molar-refractivity contribution in [3.8, 4) is 0 Å². The monoisotopic (exact) mass is 383 g/mol. The Morgan fingerprint density at radius 1 is 1.35 bits per heavy atom. The number of carbonyl (C=O) groups excluding carboxylic acids is 1. The van der Waals surface area contributed by atoms with Crippen molar-refractivity contribution in [2.75, 3.05) is 12.7 Å². The molecule has 0 saturated carbocycles. The van der Waals surface area contributed by atoms with Gasteiger partial charge in [0.25, 0.3) is 0 Å². The van der Waals surface area contributed by atoms with Gasteiger partial charge >= 0.3 is 13.6 Å². The Bertz CT molecular complexity index is 643. The van der Waals surface area contributed by atoms with E-state index in [2.05, 4.69) is 37.0 Å². The molecule has 0 aliphatic heterocycles. The van der Waals surface area contributed by atoms with E-state index in [1.165, 1.54) is 0 Å². The van der Waals surface area contributed by atoms with Crippen LogP contribution in [0.5, 0.6) is 0 Å². The molecule has 0 aromatic heterocycles. The van der Waals surface area contributed by atoms with Gasteiger partial charge in [0, 0.05) is 6.54 Å². The van der Waals surface area contributed by atoms with Crippen LogP contribution in [0.15, 0.2) is 60.3 Å². The number of primary amides is 1. The summed E-state index contributed by atoms with van der Waals surface area (Å²) in [5.74, 6) is 0. The molecule has 0 spiro atoms. The van der Waals surface area contributed by atoms with Crippen LogP contribution >= 0.6 is 7.60 Å². The van der Waals surface area contributed by atoms with E-state index in [0.717, 1.165) is 17.6 Å². The van der Waals surface area contributed by atoms with Crippen molar-refractivity contribution in [3.05, 3.63) is 60.3 Å². The lowest BCUT2D eigenvalue weighted by Crippen LogP contribution is -2.30. The average molecular weight is 383 g/mol. The second-order valence-corrected chi connectivity index (χ2v) is 7.77. The topological polar surface area (TPSA) is 139 Å². The van der Waals surface area contributed by atoms with Gasteiger partial charge in [-0.05, 0) is 30.9 Å². The van der Waals surface area contributed by atoms with Crippen molar-refractivity contribution >= 4 is 13.6 Å². The SMILES string of the molecule is C=CC1=C(/C=C\CC)C=CC(C)(N)C=C1.NC(=O)NCCCP(=O)(O)O. The summed E-state index contributed by atoms with van der Waals surface area (Å²) in [5.41, 5.74) is 12.6. The van der Waals surface area contributed by atoms with Gasteiger partial charge in [0.05, 0.1) is 11.7 Å². The third kappa shape index (κ3) is 12.4. The first-order valence-electron chi connectivity index (χ1n) is 8.29. The third-order valence-corrected chi connectivity index (χ3v) is 4.15. The number of rotatable bonds is 7. The molecule has 1 unspecified atom stereocenters. The van der Waals surface area contributed by atoms with Gasteiger partial charge in [-0.2, -0.15) is 0 Å². The second kappa shape index (κ2) is 11.6. The molecular weight excluding hydrogens is 353 g/mol. The summed E-state index contributed by atoms with van der Waals surface area (Å²) < 4.78 is 10.2. The zero-order valence-electron chi connectivity index (χ0n) is 15.4. The molecule has 0 heterocycles. The number of urea groups is 1. The Morgan fingerprint density at radius 3 is 2.38 bits per heavy atom. The molecule has 1 aliphatic rings. The minimum atomic E-state index is -3.92. The summed E-state index contributed by atoms with van der Waals surface area (Å²) in [7, 11) is -3.92. The lowest BCUT2D eigenvalue weighted by molar-refractivity contribution is 0.249. The molecule has 26 heavy (non-hydrogen) atoms. The van der Waals surface area contributed by atoms with Crippen LogP contribution < -0.4 is 16.8 Å². The van der Waals surface area contributed by atoms with Crippen molar-refractivity contribution in [3.63, 3.8) is 0 Å². The molecule has 146 valence electrons. The molecule has 0 bridgehead atoms. The zero-order valence-corrected chi connectivity index (χ0v) is 16.3. The minimum Gasteiger partial charge on any atom is -0.352 e. The molecule has 7 nitrogen and oxygen atoms in total. The molecule has 1 atom stereocenters. The van der Waals surface area contributed by atoms with Crippen LogP contribution in [0.3, 0.4) is 0 Å². The van der Waals surface area contributed by atoms with Gasteiger partial charge in [-0.1, -0.05) is 56.0 Å². The predicted molar refractivity (Wildman–Crippen MR) is 107 cm³/mol. The van der Waals surface area contributed by atoms with Gasteiger partial charge in [0.2, 0.25) is 0 Å². The lowest BCUT2D eigenvalue weighted by Gasteiger charge is -2.12. The van der Waals surface area contributed by atoms with Gasteiger partial charge in [-0.15, -0.1) is 0 Å². The van der Waals surface area contributed by atoms with E-state index in [-0.39, 0.29) is 24.7 Å². The van der Waals surface area contributed by atoms with E-state index in [1.807, 2.05) is 31.2 Å². The molecule has 7 N–H and O–H groups in total. The predicted octanol–water partition coefficient (Wildman–Crippen LogP) is 2.50. The fourth-order valence-electron chi connectivity index (χ4n) is 1.87. The van der Waals surface area contributed by atoms with Crippen LogP contribution in [0.2, 0.25) is 0 Å². The molecule has 8 heteroatoms. The van der Waals surface area contributed by atoms with E-state index in [4.69, 9.17) is 21.3 Å². The van der Waals surface area contributed by atoms with E-state index >= 15 is 0 Å². The third-order valence-electron chi connectivity index (χ3n) is 3.26. The first kappa shape index (κ1) is 24.1. The van der Waals surface area contributed by atoms with Crippen molar-refractivity contribution in [2.24, 2.45) is 11.5 Å². The largest absolute Gasteiger partial charge is 0.352 e. The van der Waals surface area contributed by atoms with Gasteiger partial charge in [0.15, 0.2) is 0 Å². The Kier molecular flexibility index (Phi) is 10.8. The molecule has 0 fully saturated rings. The maximum Gasteiger partial charge on any atom is 0.325 e. The average Bonchev–Trinajstić information content (AvgIpc) is 2.67. The number of hydrogen-bond donors (Lipinski definition) is 5. The maximum atomic E-state index is 10.2. The van der Waals surface area contributed by atoms with Gasteiger partial charge in [0.1, 0.15) is 0 Å². The molecule has 2 amide bonds. The van der Waals surface area contributed by atoms with Crippen molar-refractivity contribution < 1.29 is 19.1 Å². The summed E-state index contributed by atoms with van der Waals surface area (Å²) in [6.07, 6.45) is 15.2. The standard InChI is InChI=1S/C14H19N.C4H11N2O4P/c1-4-6-7-13-9-11-14(3,15)10-8-12(13)5-2;5-4(7)6-2-1-3-11(8,9)10/h5-11H,2,4,15H2,1,3H3;1-3H2,(H3,5,6,7)(H2,8,9,10)/b7-6-;. The second-order valence-electron chi connectivity index (χ2n) is 5.99. The molecule has 0 saturated heterocycles. The van der Waals surface area contributed by atoms with Crippen LogP contribution in [0, 0.1) is 0 Å². The maximum absolute atomic E-state index is 10.2. The fraction of sp³-hybridized carbons (Fsp3) is 0.389. The van der Waals surface area contributed by atoms with Gasteiger partial charge in [-0.3, -0.25) is 4.57 Å². The summed E-state index contributed by atoms with van der Waals surface area (Å²) >= 11 is 0. The normalized spacial score (nSPS) is 19.7. The Hall–Kier alpha value is -1.92. The van der Waals surface area contributed by atoms with Crippen LogP contribution in [0.4, 0.5) is 4.79 Å². The highest BCUT2D eigenvalue weighted by molar-refractivity contribution is 7.51. The van der Waals surface area contributed by atoms with E-state index in [1.54, 1.807) is 0 Å². The summed E-state index contributed by atoms with van der Waals surface area (Å²) in [6.45, 7) is 8.11. The Balaban J connectivity index is 0.000000508. The number of carbonyl (C=O) groups is 1. The number of hydrogen-bond acceptors (Lipinski definition) is 3. The molecule has 0 radical (unpaired) electrons. The van der Waals surface area contributed by atoms with Crippen molar-refractivity contribution in [1.82, 2.24) is 5.32 Å². The van der Waals surface area contributed by atoms with E-state index in [9.17, 15) is 9.36 Å². The van der Waals surface area contributed by atoms with Crippen LogP contribution in [-0.2, 0) is 4.57 Å². The summed E-state index contributed by atoms with van der Waals surface area (Å²) in [5, 5.41) is 2.21. The summed E-state index contributed by atoms with van der Waals surface area (Å²) in [4.78, 5) is 26.7. The number of allylic oxidation sites excluding steroid dienone is 7. The molecule has 0 aromatic rings. The van der Waals surface area contributed by atoms with Gasteiger partial charge < -0.3 is 26.6 Å². The lowest BCUT2D eigenvalue weighted by atomic mass is 10.0. The van der Waals surface area contributed by atoms with Crippen molar-refractivity contribution in [2.45, 2.75) is 32.2 Å².